The minimum Gasteiger partial charge on any atom is -0.489 e. The number of rotatable bonds is 21. The molecule has 196 valence electrons. The van der Waals surface area contributed by atoms with Gasteiger partial charge in [0.05, 0.1) is 13.2 Å². The zero-order valence-corrected chi connectivity index (χ0v) is 21.6. The highest BCUT2D eigenvalue weighted by atomic mass is 19.2. The van der Waals surface area contributed by atoms with Crippen LogP contribution in [0.2, 0.25) is 0 Å². The Balaban J connectivity index is 2.59. The van der Waals surface area contributed by atoms with Crippen LogP contribution in [-0.4, -0.2) is 19.0 Å². The molecule has 0 radical (unpaired) electrons. The van der Waals surface area contributed by atoms with Crippen molar-refractivity contribution >= 4 is 5.78 Å². The Morgan fingerprint density at radius 2 is 0.941 bits per heavy atom. The largest absolute Gasteiger partial charge is 0.489 e. The standard InChI is InChI=1S/C28H45F3O3/c1-4-6-8-10-12-14-16-18-20-33-27-23(22(3)32)24(29)25(30)28(26(27)31)34-21-19-17-15-13-11-9-7-5-2/h4-21H2,1-3H3. The van der Waals surface area contributed by atoms with Gasteiger partial charge in [0.25, 0.3) is 0 Å². The third-order valence-electron chi connectivity index (χ3n) is 6.08. The molecule has 34 heavy (non-hydrogen) atoms. The highest BCUT2D eigenvalue weighted by Gasteiger charge is 2.29. The van der Waals surface area contributed by atoms with Crippen molar-refractivity contribution in [3.8, 4) is 11.5 Å². The van der Waals surface area contributed by atoms with E-state index in [1.807, 2.05) is 0 Å². The Morgan fingerprint density at radius 3 is 1.35 bits per heavy atom. The predicted molar refractivity (Wildman–Crippen MR) is 133 cm³/mol. The summed E-state index contributed by atoms with van der Waals surface area (Å²) in [6, 6.07) is 0. The maximum Gasteiger partial charge on any atom is 0.210 e. The van der Waals surface area contributed by atoms with Crippen molar-refractivity contribution in [1.82, 2.24) is 0 Å². The van der Waals surface area contributed by atoms with Gasteiger partial charge in [-0.3, -0.25) is 4.79 Å². The van der Waals surface area contributed by atoms with Crippen molar-refractivity contribution in [1.29, 1.82) is 0 Å². The minimum absolute atomic E-state index is 0.0825. The van der Waals surface area contributed by atoms with Crippen molar-refractivity contribution in [2.24, 2.45) is 0 Å². The fourth-order valence-electron chi connectivity index (χ4n) is 4.02. The third kappa shape index (κ3) is 11.1. The Kier molecular flexibility index (Phi) is 16.6. The van der Waals surface area contributed by atoms with Crippen LogP contribution in [-0.2, 0) is 0 Å². The molecular weight excluding hydrogens is 441 g/mol. The number of Topliss-reactive ketones (excluding diaryl/α,β-unsaturated/α-hetero) is 1. The van der Waals surface area contributed by atoms with Gasteiger partial charge in [0.1, 0.15) is 5.56 Å². The van der Waals surface area contributed by atoms with Crippen LogP contribution >= 0.6 is 0 Å². The van der Waals surface area contributed by atoms with Gasteiger partial charge in [0.2, 0.25) is 11.6 Å². The van der Waals surface area contributed by atoms with Crippen molar-refractivity contribution in [2.45, 2.75) is 124 Å². The monoisotopic (exact) mass is 486 g/mol. The van der Waals surface area contributed by atoms with Crippen molar-refractivity contribution in [2.75, 3.05) is 13.2 Å². The van der Waals surface area contributed by atoms with E-state index in [1.165, 1.54) is 51.4 Å². The SMILES string of the molecule is CCCCCCCCCCOc1c(F)c(F)c(C(C)=O)c(OCCCCCCCCCC)c1F. The lowest BCUT2D eigenvalue weighted by molar-refractivity contribution is 0.100. The van der Waals surface area contributed by atoms with E-state index in [4.69, 9.17) is 9.47 Å². The molecule has 0 aliphatic heterocycles. The third-order valence-corrected chi connectivity index (χ3v) is 6.08. The van der Waals surface area contributed by atoms with Crippen molar-refractivity contribution < 1.29 is 27.4 Å². The maximum absolute atomic E-state index is 15.0. The number of carbonyl (C=O) groups excluding carboxylic acids is 1. The molecule has 0 saturated carbocycles. The summed E-state index contributed by atoms with van der Waals surface area (Å²) in [4.78, 5) is 11.9. The fourth-order valence-corrected chi connectivity index (χ4v) is 4.02. The van der Waals surface area contributed by atoms with Gasteiger partial charge in [-0.05, 0) is 19.8 Å². The Bertz CT molecular complexity index is 707. The molecule has 0 N–H and O–H groups in total. The van der Waals surface area contributed by atoms with E-state index in [1.54, 1.807) is 0 Å². The Hall–Kier alpha value is -1.72. The van der Waals surface area contributed by atoms with Crippen LogP contribution in [0.15, 0.2) is 0 Å². The van der Waals surface area contributed by atoms with Crippen molar-refractivity contribution in [3.63, 3.8) is 0 Å². The van der Waals surface area contributed by atoms with Crippen LogP contribution in [0.5, 0.6) is 11.5 Å². The molecule has 6 heteroatoms. The first-order valence-electron chi connectivity index (χ1n) is 13.4. The molecule has 0 aliphatic carbocycles. The van der Waals surface area contributed by atoms with E-state index < -0.39 is 40.3 Å². The second-order valence-electron chi connectivity index (χ2n) is 9.18. The zero-order valence-electron chi connectivity index (χ0n) is 21.6. The smallest absolute Gasteiger partial charge is 0.210 e. The minimum atomic E-state index is -1.47. The first-order chi connectivity index (χ1) is 16.5. The number of benzene rings is 1. The van der Waals surface area contributed by atoms with Crippen LogP contribution in [0.25, 0.3) is 0 Å². The topological polar surface area (TPSA) is 35.5 Å². The normalized spacial score (nSPS) is 11.1. The number of ether oxygens (including phenoxy) is 2. The van der Waals surface area contributed by atoms with Crippen LogP contribution < -0.4 is 9.47 Å². The Morgan fingerprint density at radius 1 is 0.559 bits per heavy atom. The molecular formula is C28H45F3O3. The molecule has 0 spiro atoms. The summed E-state index contributed by atoms with van der Waals surface area (Å²) in [5.41, 5.74) is -0.686. The zero-order chi connectivity index (χ0) is 25.2. The molecule has 0 unspecified atom stereocenters. The molecule has 1 aromatic rings. The van der Waals surface area contributed by atoms with Gasteiger partial charge in [-0.1, -0.05) is 104 Å². The van der Waals surface area contributed by atoms with Gasteiger partial charge in [-0.25, -0.2) is 4.39 Å². The van der Waals surface area contributed by atoms with Gasteiger partial charge >= 0.3 is 0 Å². The molecule has 0 aromatic heterocycles. The molecule has 0 bridgehead atoms. The second kappa shape index (κ2) is 18.6. The fraction of sp³-hybridized carbons (Fsp3) is 0.750. The summed E-state index contributed by atoms with van der Waals surface area (Å²) in [6.45, 7) is 5.64. The lowest BCUT2D eigenvalue weighted by atomic mass is 10.1. The highest BCUT2D eigenvalue weighted by molar-refractivity contribution is 5.97. The van der Waals surface area contributed by atoms with Crippen LogP contribution in [0.1, 0.15) is 134 Å². The molecule has 0 fully saturated rings. The number of halogens is 3. The van der Waals surface area contributed by atoms with Crippen LogP contribution in [0, 0.1) is 17.5 Å². The Labute approximate surface area is 204 Å². The average Bonchev–Trinajstić information content (AvgIpc) is 2.81. The quantitative estimate of drug-likeness (QED) is 0.0986. The van der Waals surface area contributed by atoms with E-state index in [9.17, 15) is 13.6 Å². The van der Waals surface area contributed by atoms with Gasteiger partial charge in [-0.15, -0.1) is 0 Å². The van der Waals surface area contributed by atoms with Gasteiger partial charge in [-0.2, -0.15) is 8.78 Å². The van der Waals surface area contributed by atoms with Gasteiger partial charge in [0, 0.05) is 0 Å². The lowest BCUT2D eigenvalue weighted by Gasteiger charge is -2.16. The van der Waals surface area contributed by atoms with E-state index in [-0.39, 0.29) is 13.2 Å². The van der Waals surface area contributed by atoms with Crippen LogP contribution in [0.4, 0.5) is 13.2 Å². The number of hydrogen-bond donors (Lipinski definition) is 0. The average molecular weight is 487 g/mol. The number of hydrogen-bond acceptors (Lipinski definition) is 3. The van der Waals surface area contributed by atoms with E-state index >= 15 is 4.39 Å². The molecule has 0 saturated heterocycles. The van der Waals surface area contributed by atoms with E-state index in [2.05, 4.69) is 13.8 Å². The molecule has 1 rings (SSSR count). The predicted octanol–water partition coefficient (Wildman–Crippen LogP) is 9.35. The lowest BCUT2D eigenvalue weighted by Crippen LogP contribution is -2.12. The summed E-state index contributed by atoms with van der Waals surface area (Å²) >= 11 is 0. The van der Waals surface area contributed by atoms with E-state index in [0.29, 0.717) is 12.8 Å². The molecule has 0 atom stereocenters. The molecule has 0 heterocycles. The molecule has 3 nitrogen and oxygen atoms in total. The highest BCUT2D eigenvalue weighted by Crippen LogP contribution is 2.37. The van der Waals surface area contributed by atoms with Gasteiger partial charge < -0.3 is 9.47 Å². The first-order valence-corrected chi connectivity index (χ1v) is 13.4. The summed E-state index contributed by atoms with van der Waals surface area (Å²) in [5.74, 6) is -6.14. The van der Waals surface area contributed by atoms with E-state index in [0.717, 1.165) is 45.4 Å². The summed E-state index contributed by atoms with van der Waals surface area (Å²) in [6.07, 6.45) is 17.1. The number of ketones is 1. The summed E-state index contributed by atoms with van der Waals surface area (Å²) in [5, 5.41) is 0. The first kappa shape index (κ1) is 30.3. The number of carbonyl (C=O) groups is 1. The molecule has 1 aromatic carbocycles. The number of unbranched alkanes of at least 4 members (excludes halogenated alkanes) is 14. The molecule has 0 aliphatic rings. The second-order valence-corrected chi connectivity index (χ2v) is 9.18. The van der Waals surface area contributed by atoms with Crippen LogP contribution in [0.3, 0.4) is 0 Å². The molecule has 0 amide bonds. The summed E-state index contributed by atoms with van der Waals surface area (Å²) in [7, 11) is 0. The van der Waals surface area contributed by atoms with Crippen molar-refractivity contribution in [3.05, 3.63) is 23.0 Å². The van der Waals surface area contributed by atoms with Gasteiger partial charge in [0.15, 0.2) is 23.1 Å². The maximum atomic E-state index is 15.0. The summed E-state index contributed by atoms with van der Waals surface area (Å²) < 4.78 is 54.8.